The standard InChI is InChI=1S/C30H27ClN4O6S/c1-42(40,41)21-4-2-3-17(11-21)12-25(30(38)39)33-28(36)26-22-8-10-34-16-35(15-20(27(22)34)13-23(26)31)29(37)19-6-5-18-7-9-32-24(18)14-19/h2-7,9,11,13-14,25,32H,8,10,12,15-16H2,1H3,(H,33,36)(H,38,39)/t25-/m0/s1. The second-order valence-corrected chi connectivity index (χ2v) is 13.1. The molecule has 0 saturated carbocycles. The van der Waals surface area contributed by atoms with E-state index in [0.29, 0.717) is 37.3 Å². The van der Waals surface area contributed by atoms with E-state index in [-0.39, 0.29) is 27.8 Å². The van der Waals surface area contributed by atoms with Crippen molar-refractivity contribution in [3.8, 4) is 0 Å². The molecule has 3 heterocycles. The number of hydrogen-bond acceptors (Lipinski definition) is 6. The Labute approximate surface area is 246 Å². The SMILES string of the molecule is CS(=O)(=O)c1cccc(C[C@H](NC(=O)c2c(Cl)cc3c4c2CCN4CN(C(=O)c2ccc4cc[nH]c4c2)C3)C(=O)O)c1. The molecule has 6 rings (SSSR count). The topological polar surface area (TPSA) is 140 Å². The van der Waals surface area contributed by atoms with Crippen LogP contribution in [0, 0.1) is 0 Å². The van der Waals surface area contributed by atoms with Crippen molar-refractivity contribution >= 4 is 55.8 Å². The molecular weight excluding hydrogens is 580 g/mol. The monoisotopic (exact) mass is 606 g/mol. The molecule has 0 aliphatic carbocycles. The second-order valence-electron chi connectivity index (χ2n) is 10.6. The molecule has 12 heteroatoms. The number of aromatic nitrogens is 1. The molecule has 0 unspecified atom stereocenters. The molecule has 42 heavy (non-hydrogen) atoms. The van der Waals surface area contributed by atoms with Gasteiger partial charge in [0.1, 0.15) is 6.04 Å². The number of amides is 2. The van der Waals surface area contributed by atoms with Crippen LogP contribution < -0.4 is 10.2 Å². The van der Waals surface area contributed by atoms with Gasteiger partial charge in [0, 0.05) is 48.7 Å². The number of carboxylic acid groups (broad SMARTS) is 1. The first-order valence-corrected chi connectivity index (χ1v) is 15.5. The fraction of sp³-hybridized carbons (Fsp3) is 0.233. The number of carbonyl (C=O) groups is 3. The molecule has 10 nitrogen and oxygen atoms in total. The van der Waals surface area contributed by atoms with Crippen LogP contribution in [0.3, 0.4) is 0 Å². The molecule has 3 N–H and O–H groups in total. The van der Waals surface area contributed by atoms with E-state index in [1.807, 2.05) is 29.3 Å². The van der Waals surface area contributed by atoms with Crippen molar-refractivity contribution in [2.24, 2.45) is 0 Å². The smallest absolute Gasteiger partial charge is 0.326 e. The molecule has 1 aromatic heterocycles. The number of carbonyl (C=O) groups excluding carboxylic acids is 2. The van der Waals surface area contributed by atoms with Crippen LogP contribution in [0.15, 0.2) is 65.7 Å². The number of fused-ring (bicyclic) bond motifs is 1. The maximum atomic E-state index is 13.5. The summed E-state index contributed by atoms with van der Waals surface area (Å²) >= 11 is 6.65. The summed E-state index contributed by atoms with van der Waals surface area (Å²) in [6.07, 6.45) is 3.30. The molecule has 0 fully saturated rings. The van der Waals surface area contributed by atoms with Crippen LogP contribution in [0.4, 0.5) is 5.69 Å². The van der Waals surface area contributed by atoms with Gasteiger partial charge in [0.25, 0.3) is 11.8 Å². The number of aliphatic carboxylic acids is 1. The van der Waals surface area contributed by atoms with E-state index in [1.54, 1.807) is 23.1 Å². The molecule has 2 aliphatic heterocycles. The first-order chi connectivity index (χ1) is 20.0. The minimum absolute atomic E-state index is 0.0684. The maximum absolute atomic E-state index is 13.5. The number of benzene rings is 3. The number of carboxylic acids is 1. The summed E-state index contributed by atoms with van der Waals surface area (Å²) in [6, 6.07) is 13.8. The fourth-order valence-electron chi connectivity index (χ4n) is 5.78. The fourth-order valence-corrected chi connectivity index (χ4v) is 6.81. The second kappa shape index (κ2) is 10.5. The predicted molar refractivity (Wildman–Crippen MR) is 158 cm³/mol. The Morgan fingerprint density at radius 2 is 1.93 bits per heavy atom. The van der Waals surface area contributed by atoms with Gasteiger partial charge < -0.3 is 25.2 Å². The zero-order valence-electron chi connectivity index (χ0n) is 22.6. The molecule has 3 aromatic carbocycles. The number of nitrogens with one attached hydrogen (secondary N) is 2. The highest BCUT2D eigenvalue weighted by Crippen LogP contribution is 2.41. The van der Waals surface area contributed by atoms with Crippen molar-refractivity contribution in [1.82, 2.24) is 15.2 Å². The lowest BCUT2D eigenvalue weighted by molar-refractivity contribution is -0.139. The number of nitrogens with zero attached hydrogens (tertiary/aromatic N) is 2. The lowest BCUT2D eigenvalue weighted by atomic mass is 9.97. The van der Waals surface area contributed by atoms with Crippen LogP contribution in [0.5, 0.6) is 0 Å². The number of hydrogen-bond donors (Lipinski definition) is 3. The van der Waals surface area contributed by atoms with Gasteiger partial charge in [-0.15, -0.1) is 0 Å². The first-order valence-electron chi connectivity index (χ1n) is 13.3. The van der Waals surface area contributed by atoms with E-state index in [1.165, 1.54) is 18.2 Å². The van der Waals surface area contributed by atoms with Gasteiger partial charge in [0.05, 0.1) is 22.2 Å². The van der Waals surface area contributed by atoms with Gasteiger partial charge in [-0.1, -0.05) is 29.8 Å². The van der Waals surface area contributed by atoms with Crippen molar-refractivity contribution in [2.45, 2.75) is 30.3 Å². The third-order valence-corrected chi connectivity index (χ3v) is 9.18. The summed E-state index contributed by atoms with van der Waals surface area (Å²) < 4.78 is 23.9. The van der Waals surface area contributed by atoms with Crippen LogP contribution in [0.1, 0.15) is 37.4 Å². The third-order valence-electron chi connectivity index (χ3n) is 7.77. The first kappa shape index (κ1) is 27.8. The van der Waals surface area contributed by atoms with Crippen molar-refractivity contribution in [3.05, 3.63) is 93.6 Å². The zero-order chi connectivity index (χ0) is 29.8. The van der Waals surface area contributed by atoms with Crippen LogP contribution in [0.25, 0.3) is 10.9 Å². The maximum Gasteiger partial charge on any atom is 0.326 e. The lowest BCUT2D eigenvalue weighted by Crippen LogP contribution is -2.44. The molecule has 1 atom stereocenters. The zero-order valence-corrected chi connectivity index (χ0v) is 24.1. The normalized spacial score (nSPS) is 15.0. The van der Waals surface area contributed by atoms with Gasteiger partial charge >= 0.3 is 5.97 Å². The van der Waals surface area contributed by atoms with E-state index < -0.39 is 27.8 Å². The molecule has 0 saturated heterocycles. The van der Waals surface area contributed by atoms with Crippen molar-refractivity contribution in [3.63, 3.8) is 0 Å². The summed E-state index contributed by atoms with van der Waals surface area (Å²) in [6.45, 7) is 1.23. The molecule has 2 aliphatic rings. The van der Waals surface area contributed by atoms with Gasteiger partial charge in [-0.05, 0) is 64.9 Å². The highest BCUT2D eigenvalue weighted by atomic mass is 35.5. The summed E-state index contributed by atoms with van der Waals surface area (Å²) in [4.78, 5) is 46.0. The Morgan fingerprint density at radius 3 is 2.69 bits per heavy atom. The van der Waals surface area contributed by atoms with Crippen LogP contribution in [-0.4, -0.2) is 66.7 Å². The largest absolute Gasteiger partial charge is 0.480 e. The summed E-state index contributed by atoms with van der Waals surface area (Å²) in [7, 11) is -3.48. The summed E-state index contributed by atoms with van der Waals surface area (Å²) in [5.74, 6) is -2.00. The van der Waals surface area contributed by atoms with Crippen molar-refractivity contribution in [2.75, 3.05) is 24.4 Å². The molecule has 2 amide bonds. The highest BCUT2D eigenvalue weighted by molar-refractivity contribution is 7.90. The summed E-state index contributed by atoms with van der Waals surface area (Å²) in [5.41, 5.74) is 4.50. The molecule has 0 spiro atoms. The molecule has 0 bridgehead atoms. The number of sulfone groups is 1. The quantitative estimate of drug-likeness (QED) is 0.292. The third kappa shape index (κ3) is 5.10. The number of aromatic amines is 1. The van der Waals surface area contributed by atoms with Crippen LogP contribution in [-0.2, 0) is 34.0 Å². The Balaban J connectivity index is 1.24. The highest BCUT2D eigenvalue weighted by Gasteiger charge is 2.36. The van der Waals surface area contributed by atoms with Crippen molar-refractivity contribution in [1.29, 1.82) is 0 Å². The van der Waals surface area contributed by atoms with Gasteiger partial charge in [0.15, 0.2) is 9.84 Å². The van der Waals surface area contributed by atoms with E-state index in [4.69, 9.17) is 11.6 Å². The van der Waals surface area contributed by atoms with E-state index >= 15 is 0 Å². The Morgan fingerprint density at radius 1 is 1.12 bits per heavy atom. The number of H-pyrrole nitrogens is 1. The Bertz CT molecular complexity index is 1890. The predicted octanol–water partition coefficient (Wildman–Crippen LogP) is 3.63. The minimum atomic E-state index is -3.48. The van der Waals surface area contributed by atoms with Crippen LogP contribution >= 0.6 is 11.6 Å². The molecular formula is C30H27ClN4O6S. The van der Waals surface area contributed by atoms with E-state index in [0.717, 1.165) is 34.0 Å². The van der Waals surface area contributed by atoms with Gasteiger partial charge in [-0.3, -0.25) is 9.59 Å². The Kier molecular flexibility index (Phi) is 6.94. The number of rotatable bonds is 7. The van der Waals surface area contributed by atoms with Crippen molar-refractivity contribution < 1.29 is 27.9 Å². The average Bonchev–Trinajstić information content (AvgIpc) is 3.59. The average molecular weight is 607 g/mol. The van der Waals surface area contributed by atoms with Gasteiger partial charge in [0.2, 0.25) is 0 Å². The molecule has 0 radical (unpaired) electrons. The Hall–Kier alpha value is -4.35. The minimum Gasteiger partial charge on any atom is -0.480 e. The molecule has 216 valence electrons. The van der Waals surface area contributed by atoms with Gasteiger partial charge in [-0.25, -0.2) is 13.2 Å². The molecule has 4 aromatic rings. The number of anilines is 1. The van der Waals surface area contributed by atoms with E-state index in [9.17, 15) is 27.9 Å². The van der Waals surface area contributed by atoms with Gasteiger partial charge in [-0.2, -0.15) is 0 Å². The van der Waals surface area contributed by atoms with E-state index in [2.05, 4.69) is 10.3 Å². The lowest BCUT2D eigenvalue weighted by Gasteiger charge is -2.36. The summed E-state index contributed by atoms with van der Waals surface area (Å²) in [5, 5.41) is 13.6. The van der Waals surface area contributed by atoms with Crippen LogP contribution in [0.2, 0.25) is 5.02 Å². The number of halogens is 1.